The number of nitrogens with one attached hydrogen (secondary N) is 1. The molecule has 0 saturated carbocycles. The van der Waals surface area contributed by atoms with Gasteiger partial charge in [-0.25, -0.2) is 4.39 Å². The molecule has 1 aromatic rings. The van der Waals surface area contributed by atoms with Crippen LogP contribution < -0.4 is 5.32 Å². The van der Waals surface area contributed by atoms with E-state index in [1.165, 1.54) is 6.07 Å². The Morgan fingerprint density at radius 3 is 2.74 bits per heavy atom. The Morgan fingerprint density at radius 1 is 1.32 bits per heavy atom. The van der Waals surface area contributed by atoms with Crippen LogP contribution in [0.25, 0.3) is 0 Å². The highest BCUT2D eigenvalue weighted by Gasteiger charge is 2.10. The van der Waals surface area contributed by atoms with Gasteiger partial charge in [0, 0.05) is 25.2 Å². The summed E-state index contributed by atoms with van der Waals surface area (Å²) in [7, 11) is 3.98. The topological polar surface area (TPSA) is 44.7 Å². The third-order valence-corrected chi connectivity index (χ3v) is 2.71. The summed E-state index contributed by atoms with van der Waals surface area (Å²) >= 11 is 0. The van der Waals surface area contributed by atoms with Crippen LogP contribution in [0.5, 0.6) is 0 Å². The molecule has 0 bridgehead atoms. The lowest BCUT2D eigenvalue weighted by atomic mass is 10.1. The number of hydrogen-bond donors (Lipinski definition) is 2. The standard InChI is InChI=1S/C14H23FN2O2/c1-17(2)8-10-19-9-7-16-11-14(18)12-5-3-4-6-13(12)15/h3-6,14,16,18H,7-11H2,1-2H3. The Labute approximate surface area is 114 Å². The van der Waals surface area contributed by atoms with Crippen molar-refractivity contribution in [3.05, 3.63) is 35.6 Å². The smallest absolute Gasteiger partial charge is 0.129 e. The average Bonchev–Trinajstić information content (AvgIpc) is 2.37. The molecule has 4 nitrogen and oxygen atoms in total. The van der Waals surface area contributed by atoms with Gasteiger partial charge >= 0.3 is 0 Å². The SMILES string of the molecule is CN(C)CCOCCNCC(O)c1ccccc1F. The zero-order chi connectivity index (χ0) is 14.1. The maximum atomic E-state index is 13.4. The van der Waals surface area contributed by atoms with E-state index in [0.29, 0.717) is 31.9 Å². The molecular formula is C14H23FN2O2. The maximum Gasteiger partial charge on any atom is 0.129 e. The van der Waals surface area contributed by atoms with Crippen LogP contribution in [0, 0.1) is 5.82 Å². The fraction of sp³-hybridized carbons (Fsp3) is 0.571. The molecule has 1 aromatic carbocycles. The normalized spacial score (nSPS) is 12.9. The van der Waals surface area contributed by atoms with Crippen LogP contribution in [0.3, 0.4) is 0 Å². The molecule has 0 spiro atoms. The average molecular weight is 270 g/mol. The largest absolute Gasteiger partial charge is 0.387 e. The van der Waals surface area contributed by atoms with Crippen molar-refractivity contribution in [1.82, 2.24) is 10.2 Å². The maximum absolute atomic E-state index is 13.4. The van der Waals surface area contributed by atoms with Crippen molar-refractivity contribution in [3.8, 4) is 0 Å². The van der Waals surface area contributed by atoms with Gasteiger partial charge in [0.2, 0.25) is 0 Å². The summed E-state index contributed by atoms with van der Waals surface area (Å²) in [5.41, 5.74) is 0.323. The highest BCUT2D eigenvalue weighted by Crippen LogP contribution is 2.15. The number of aliphatic hydroxyl groups excluding tert-OH is 1. The van der Waals surface area contributed by atoms with E-state index in [9.17, 15) is 9.50 Å². The highest BCUT2D eigenvalue weighted by atomic mass is 19.1. The van der Waals surface area contributed by atoms with Gasteiger partial charge in [-0.3, -0.25) is 0 Å². The van der Waals surface area contributed by atoms with Crippen molar-refractivity contribution < 1.29 is 14.2 Å². The molecule has 0 radical (unpaired) electrons. The van der Waals surface area contributed by atoms with Gasteiger partial charge in [0.05, 0.1) is 19.3 Å². The zero-order valence-electron chi connectivity index (χ0n) is 11.6. The fourth-order valence-corrected chi connectivity index (χ4v) is 1.59. The molecule has 0 heterocycles. The van der Waals surface area contributed by atoms with Gasteiger partial charge in [-0.05, 0) is 20.2 Å². The highest BCUT2D eigenvalue weighted by molar-refractivity contribution is 5.19. The molecule has 1 rings (SSSR count). The van der Waals surface area contributed by atoms with Crippen LogP contribution in [0.2, 0.25) is 0 Å². The molecular weight excluding hydrogens is 247 g/mol. The Bertz CT molecular complexity index is 361. The lowest BCUT2D eigenvalue weighted by Crippen LogP contribution is -2.27. The molecule has 0 aliphatic heterocycles. The van der Waals surface area contributed by atoms with Crippen LogP contribution in [0.4, 0.5) is 4.39 Å². The van der Waals surface area contributed by atoms with Crippen LogP contribution in [-0.2, 0) is 4.74 Å². The summed E-state index contributed by atoms with van der Waals surface area (Å²) in [6.07, 6.45) is -0.831. The Kier molecular flexibility index (Phi) is 7.59. The predicted octanol–water partition coefficient (Wildman–Crippen LogP) is 1.03. The van der Waals surface area contributed by atoms with Gasteiger partial charge in [-0.1, -0.05) is 18.2 Å². The van der Waals surface area contributed by atoms with E-state index in [0.717, 1.165) is 6.54 Å². The minimum Gasteiger partial charge on any atom is -0.387 e. The lowest BCUT2D eigenvalue weighted by Gasteiger charge is -2.13. The zero-order valence-corrected chi connectivity index (χ0v) is 11.6. The number of hydrogen-bond acceptors (Lipinski definition) is 4. The van der Waals surface area contributed by atoms with E-state index < -0.39 is 6.10 Å². The molecule has 0 amide bonds. The molecule has 5 heteroatoms. The number of benzene rings is 1. The number of nitrogens with zero attached hydrogens (tertiary/aromatic N) is 1. The first-order valence-electron chi connectivity index (χ1n) is 6.47. The molecule has 0 aliphatic carbocycles. The third-order valence-electron chi connectivity index (χ3n) is 2.71. The van der Waals surface area contributed by atoms with Crippen LogP contribution >= 0.6 is 0 Å². The van der Waals surface area contributed by atoms with E-state index in [1.807, 2.05) is 14.1 Å². The second kappa shape index (κ2) is 8.98. The second-order valence-corrected chi connectivity index (χ2v) is 4.66. The van der Waals surface area contributed by atoms with Gasteiger partial charge in [0.25, 0.3) is 0 Å². The van der Waals surface area contributed by atoms with Crippen LogP contribution in [0.15, 0.2) is 24.3 Å². The third kappa shape index (κ3) is 6.63. The monoisotopic (exact) mass is 270 g/mol. The molecule has 2 N–H and O–H groups in total. The molecule has 0 saturated heterocycles. The van der Waals surface area contributed by atoms with Crippen molar-refractivity contribution >= 4 is 0 Å². The van der Waals surface area contributed by atoms with Gasteiger partial charge in [0.15, 0.2) is 0 Å². The summed E-state index contributed by atoms with van der Waals surface area (Å²) in [6, 6.07) is 6.27. The van der Waals surface area contributed by atoms with E-state index in [2.05, 4.69) is 10.2 Å². The molecule has 108 valence electrons. The molecule has 0 aliphatic rings. The minimum atomic E-state index is -0.831. The molecule has 1 atom stereocenters. The van der Waals surface area contributed by atoms with Gasteiger partial charge in [-0.2, -0.15) is 0 Å². The minimum absolute atomic E-state index is 0.317. The van der Waals surface area contributed by atoms with Crippen molar-refractivity contribution in [3.63, 3.8) is 0 Å². The summed E-state index contributed by atoms with van der Waals surface area (Å²) < 4.78 is 18.8. The summed E-state index contributed by atoms with van der Waals surface area (Å²) in [6.45, 7) is 3.11. The fourth-order valence-electron chi connectivity index (χ4n) is 1.59. The second-order valence-electron chi connectivity index (χ2n) is 4.66. The number of ether oxygens (including phenoxy) is 1. The first kappa shape index (κ1) is 16.0. The molecule has 0 fully saturated rings. The number of likely N-dealkylation sites (N-methyl/N-ethyl adjacent to an activating group) is 1. The predicted molar refractivity (Wildman–Crippen MR) is 73.6 cm³/mol. The number of aliphatic hydroxyl groups is 1. The lowest BCUT2D eigenvalue weighted by molar-refractivity contribution is 0.113. The van der Waals surface area contributed by atoms with E-state index >= 15 is 0 Å². The van der Waals surface area contributed by atoms with Crippen molar-refractivity contribution in [2.75, 3.05) is 46.9 Å². The summed E-state index contributed by atoms with van der Waals surface area (Å²) in [5, 5.41) is 12.9. The van der Waals surface area contributed by atoms with Crippen LogP contribution in [-0.4, -0.2) is 56.9 Å². The first-order chi connectivity index (χ1) is 9.11. The number of rotatable bonds is 9. The Hall–Kier alpha value is -1.01. The van der Waals surface area contributed by atoms with E-state index in [-0.39, 0.29) is 5.82 Å². The molecule has 1 unspecified atom stereocenters. The van der Waals surface area contributed by atoms with Gasteiger partial charge in [-0.15, -0.1) is 0 Å². The van der Waals surface area contributed by atoms with Crippen LogP contribution in [0.1, 0.15) is 11.7 Å². The molecule has 19 heavy (non-hydrogen) atoms. The van der Waals surface area contributed by atoms with Gasteiger partial charge < -0.3 is 20.1 Å². The van der Waals surface area contributed by atoms with E-state index in [1.54, 1.807) is 18.2 Å². The summed E-state index contributed by atoms with van der Waals surface area (Å²) in [4.78, 5) is 2.05. The van der Waals surface area contributed by atoms with Gasteiger partial charge in [0.1, 0.15) is 5.82 Å². The number of halogens is 1. The first-order valence-corrected chi connectivity index (χ1v) is 6.47. The van der Waals surface area contributed by atoms with Crippen molar-refractivity contribution in [1.29, 1.82) is 0 Å². The Morgan fingerprint density at radius 2 is 2.05 bits per heavy atom. The molecule has 0 aromatic heterocycles. The van der Waals surface area contributed by atoms with Crippen molar-refractivity contribution in [2.45, 2.75) is 6.10 Å². The van der Waals surface area contributed by atoms with E-state index in [4.69, 9.17) is 4.74 Å². The Balaban J connectivity index is 2.11. The van der Waals surface area contributed by atoms with Crippen molar-refractivity contribution in [2.24, 2.45) is 0 Å². The quantitative estimate of drug-likeness (QED) is 0.658. The summed E-state index contributed by atoms with van der Waals surface area (Å²) in [5.74, 6) is -0.376.